The van der Waals surface area contributed by atoms with Gasteiger partial charge in [0.25, 0.3) is 0 Å². The first-order valence-electron chi connectivity index (χ1n) is 7.90. The average molecular weight is 292 g/mol. The van der Waals surface area contributed by atoms with Gasteiger partial charge in [0.2, 0.25) is 0 Å². The SMILES string of the molecule is CNC(CN1CCCCCC1)c1cc(OC)ccc1OC. The van der Waals surface area contributed by atoms with Crippen molar-refractivity contribution in [3.63, 3.8) is 0 Å². The van der Waals surface area contributed by atoms with Crippen molar-refractivity contribution in [3.05, 3.63) is 23.8 Å². The predicted molar refractivity (Wildman–Crippen MR) is 86.3 cm³/mol. The number of rotatable bonds is 6. The number of likely N-dealkylation sites (N-methyl/N-ethyl adjacent to an activating group) is 1. The zero-order valence-corrected chi connectivity index (χ0v) is 13.5. The lowest BCUT2D eigenvalue weighted by Crippen LogP contribution is -2.34. The molecule has 0 saturated carbocycles. The molecule has 1 aromatic carbocycles. The lowest BCUT2D eigenvalue weighted by molar-refractivity contribution is 0.252. The van der Waals surface area contributed by atoms with Crippen LogP contribution in [0.4, 0.5) is 0 Å². The monoisotopic (exact) mass is 292 g/mol. The summed E-state index contributed by atoms with van der Waals surface area (Å²) in [5, 5.41) is 3.43. The van der Waals surface area contributed by atoms with Crippen LogP contribution in [0.25, 0.3) is 0 Å². The van der Waals surface area contributed by atoms with Crippen LogP contribution in [0.15, 0.2) is 18.2 Å². The van der Waals surface area contributed by atoms with Crippen molar-refractivity contribution < 1.29 is 9.47 Å². The van der Waals surface area contributed by atoms with Gasteiger partial charge in [-0.3, -0.25) is 0 Å². The molecule has 1 heterocycles. The highest BCUT2D eigenvalue weighted by Gasteiger charge is 2.19. The summed E-state index contributed by atoms with van der Waals surface area (Å²) in [5.41, 5.74) is 1.17. The number of methoxy groups -OCH3 is 2. The first-order valence-corrected chi connectivity index (χ1v) is 7.90. The standard InChI is InChI=1S/C17H28N2O2/c1-18-16(13-19-10-6-4-5-7-11-19)15-12-14(20-2)8-9-17(15)21-3/h8-9,12,16,18H,4-7,10-11,13H2,1-3H3. The summed E-state index contributed by atoms with van der Waals surface area (Å²) in [5.74, 6) is 1.80. The number of ether oxygens (including phenoxy) is 2. The molecule has 1 saturated heterocycles. The third-order valence-electron chi connectivity index (χ3n) is 4.30. The number of nitrogens with one attached hydrogen (secondary N) is 1. The second-order valence-corrected chi connectivity index (χ2v) is 5.66. The molecule has 1 aromatic rings. The molecule has 118 valence electrons. The van der Waals surface area contributed by atoms with E-state index >= 15 is 0 Å². The molecule has 1 aliphatic heterocycles. The van der Waals surface area contributed by atoms with E-state index in [-0.39, 0.29) is 6.04 Å². The van der Waals surface area contributed by atoms with Crippen molar-refractivity contribution in [2.45, 2.75) is 31.7 Å². The van der Waals surface area contributed by atoms with Crippen LogP contribution >= 0.6 is 0 Å². The van der Waals surface area contributed by atoms with E-state index in [1.165, 1.54) is 44.3 Å². The molecule has 0 aliphatic carbocycles. The van der Waals surface area contributed by atoms with Crippen LogP contribution in [0.3, 0.4) is 0 Å². The van der Waals surface area contributed by atoms with Gasteiger partial charge in [0.05, 0.1) is 14.2 Å². The number of benzene rings is 1. The smallest absolute Gasteiger partial charge is 0.123 e. The predicted octanol–water partition coefficient (Wildman–Crippen LogP) is 2.84. The molecule has 0 bridgehead atoms. The van der Waals surface area contributed by atoms with Crippen molar-refractivity contribution >= 4 is 0 Å². The van der Waals surface area contributed by atoms with E-state index < -0.39 is 0 Å². The molecule has 1 unspecified atom stereocenters. The molecule has 4 nitrogen and oxygen atoms in total. The summed E-state index contributed by atoms with van der Waals surface area (Å²) in [6, 6.07) is 6.27. The third kappa shape index (κ3) is 4.35. The normalized spacial score (nSPS) is 18.0. The van der Waals surface area contributed by atoms with Crippen molar-refractivity contribution in [1.29, 1.82) is 0 Å². The summed E-state index contributed by atoms with van der Waals surface area (Å²) >= 11 is 0. The molecule has 1 N–H and O–H groups in total. The van der Waals surface area contributed by atoms with Crippen LogP contribution in [0.2, 0.25) is 0 Å². The first-order chi connectivity index (χ1) is 10.3. The summed E-state index contributed by atoms with van der Waals surface area (Å²) in [6.07, 6.45) is 5.35. The van der Waals surface area contributed by atoms with Gasteiger partial charge in [-0.25, -0.2) is 0 Å². The van der Waals surface area contributed by atoms with Gasteiger partial charge in [-0.15, -0.1) is 0 Å². The fourth-order valence-electron chi connectivity index (χ4n) is 3.03. The Morgan fingerprint density at radius 3 is 2.38 bits per heavy atom. The maximum absolute atomic E-state index is 5.53. The fraction of sp³-hybridized carbons (Fsp3) is 0.647. The maximum atomic E-state index is 5.53. The fourth-order valence-corrected chi connectivity index (χ4v) is 3.03. The van der Waals surface area contributed by atoms with E-state index in [0.717, 1.165) is 18.0 Å². The van der Waals surface area contributed by atoms with Crippen LogP contribution in [-0.2, 0) is 0 Å². The second kappa shape index (κ2) is 8.25. The minimum Gasteiger partial charge on any atom is -0.497 e. The quantitative estimate of drug-likeness (QED) is 0.874. The van der Waals surface area contributed by atoms with Gasteiger partial charge in [0, 0.05) is 18.2 Å². The van der Waals surface area contributed by atoms with Gasteiger partial charge < -0.3 is 19.7 Å². The number of nitrogens with zero attached hydrogens (tertiary/aromatic N) is 1. The lowest BCUT2D eigenvalue weighted by Gasteiger charge is -2.27. The highest BCUT2D eigenvalue weighted by Crippen LogP contribution is 2.30. The molecule has 1 fully saturated rings. The Morgan fingerprint density at radius 1 is 1.10 bits per heavy atom. The van der Waals surface area contributed by atoms with E-state index in [4.69, 9.17) is 9.47 Å². The molecule has 0 spiro atoms. The summed E-state index contributed by atoms with van der Waals surface area (Å²) < 4.78 is 10.9. The summed E-state index contributed by atoms with van der Waals surface area (Å²) in [4.78, 5) is 2.56. The topological polar surface area (TPSA) is 33.7 Å². The van der Waals surface area contributed by atoms with E-state index in [1.54, 1.807) is 14.2 Å². The maximum Gasteiger partial charge on any atom is 0.123 e. The van der Waals surface area contributed by atoms with E-state index in [9.17, 15) is 0 Å². The Bertz CT molecular complexity index is 429. The van der Waals surface area contributed by atoms with E-state index in [1.807, 2.05) is 19.2 Å². The van der Waals surface area contributed by atoms with Gasteiger partial charge in [0.15, 0.2) is 0 Å². The zero-order valence-electron chi connectivity index (χ0n) is 13.5. The number of hydrogen-bond donors (Lipinski definition) is 1. The summed E-state index contributed by atoms with van der Waals surface area (Å²) in [7, 11) is 5.44. The Labute approximate surface area is 128 Å². The Morgan fingerprint density at radius 2 is 1.81 bits per heavy atom. The van der Waals surface area contributed by atoms with Crippen LogP contribution in [-0.4, -0.2) is 45.8 Å². The highest BCUT2D eigenvalue weighted by molar-refractivity contribution is 5.42. The minimum atomic E-state index is 0.258. The number of likely N-dealkylation sites (tertiary alicyclic amines) is 1. The van der Waals surface area contributed by atoms with Gasteiger partial charge in [-0.05, 0) is 51.2 Å². The molecular weight excluding hydrogens is 264 g/mol. The van der Waals surface area contributed by atoms with Crippen LogP contribution < -0.4 is 14.8 Å². The Balaban J connectivity index is 2.15. The van der Waals surface area contributed by atoms with E-state index in [2.05, 4.69) is 16.3 Å². The van der Waals surface area contributed by atoms with Crippen molar-refractivity contribution in [2.24, 2.45) is 0 Å². The summed E-state index contributed by atoms with van der Waals surface area (Å²) in [6.45, 7) is 3.41. The van der Waals surface area contributed by atoms with Gasteiger partial charge in [-0.2, -0.15) is 0 Å². The minimum absolute atomic E-state index is 0.258. The largest absolute Gasteiger partial charge is 0.497 e. The van der Waals surface area contributed by atoms with Crippen LogP contribution in [0.1, 0.15) is 37.3 Å². The van der Waals surface area contributed by atoms with E-state index in [0.29, 0.717) is 0 Å². The molecule has 21 heavy (non-hydrogen) atoms. The number of hydrogen-bond acceptors (Lipinski definition) is 4. The molecule has 0 radical (unpaired) electrons. The van der Waals surface area contributed by atoms with Gasteiger partial charge >= 0.3 is 0 Å². The molecule has 4 heteroatoms. The molecule has 1 atom stereocenters. The molecule has 1 aliphatic rings. The Hall–Kier alpha value is -1.26. The zero-order chi connectivity index (χ0) is 15.1. The average Bonchev–Trinajstić information content (AvgIpc) is 2.80. The van der Waals surface area contributed by atoms with Gasteiger partial charge in [0.1, 0.15) is 11.5 Å². The van der Waals surface area contributed by atoms with Crippen molar-refractivity contribution in [3.8, 4) is 11.5 Å². The second-order valence-electron chi connectivity index (χ2n) is 5.66. The Kier molecular flexibility index (Phi) is 6.33. The molecule has 0 amide bonds. The third-order valence-corrected chi connectivity index (χ3v) is 4.30. The van der Waals surface area contributed by atoms with Crippen LogP contribution in [0.5, 0.6) is 11.5 Å². The van der Waals surface area contributed by atoms with Crippen LogP contribution in [0, 0.1) is 0 Å². The van der Waals surface area contributed by atoms with Crippen molar-refractivity contribution in [1.82, 2.24) is 10.2 Å². The molecular formula is C17H28N2O2. The lowest BCUT2D eigenvalue weighted by atomic mass is 10.0. The van der Waals surface area contributed by atoms with Gasteiger partial charge in [-0.1, -0.05) is 12.8 Å². The first kappa shape index (κ1) is 16.1. The highest BCUT2D eigenvalue weighted by atomic mass is 16.5. The molecule has 2 rings (SSSR count). The molecule has 0 aromatic heterocycles. The van der Waals surface area contributed by atoms with Crippen molar-refractivity contribution in [2.75, 3.05) is 40.9 Å².